The molecule has 0 spiro atoms. The molecule has 26 heavy (non-hydrogen) atoms. The maximum Gasteiger partial charge on any atom is 0.321 e. The maximum atomic E-state index is 12.6. The van der Waals surface area contributed by atoms with E-state index in [1.165, 1.54) is 38.5 Å². The zero-order chi connectivity index (χ0) is 18.4. The smallest absolute Gasteiger partial charge is 0.321 e. The van der Waals surface area contributed by atoms with Gasteiger partial charge in [0.1, 0.15) is 0 Å². The van der Waals surface area contributed by atoms with Gasteiger partial charge in [-0.25, -0.2) is 4.79 Å². The van der Waals surface area contributed by atoms with Crippen molar-refractivity contribution in [2.24, 2.45) is 0 Å². The van der Waals surface area contributed by atoms with Gasteiger partial charge in [0.25, 0.3) is 0 Å². The van der Waals surface area contributed by atoms with Gasteiger partial charge in [-0.1, -0.05) is 25.7 Å². The van der Waals surface area contributed by atoms with E-state index < -0.39 is 0 Å². The van der Waals surface area contributed by atoms with Crippen LogP contribution >= 0.6 is 0 Å². The molecule has 144 valence electrons. The van der Waals surface area contributed by atoms with Crippen molar-refractivity contribution in [3.05, 3.63) is 18.2 Å². The van der Waals surface area contributed by atoms with Crippen LogP contribution in [0.25, 0.3) is 0 Å². The van der Waals surface area contributed by atoms with Crippen LogP contribution in [0.3, 0.4) is 0 Å². The molecule has 1 aromatic rings. The molecule has 2 aliphatic rings. The number of urea groups is 1. The predicted molar refractivity (Wildman–Crippen MR) is 103 cm³/mol. The predicted octanol–water partition coefficient (Wildman–Crippen LogP) is 3.58. The molecule has 1 N–H and O–H groups in total. The molecule has 6 heteroatoms. The molecule has 3 rings (SSSR count). The number of ether oxygens (including phenoxy) is 2. The van der Waals surface area contributed by atoms with E-state index in [9.17, 15) is 4.79 Å². The van der Waals surface area contributed by atoms with E-state index in [2.05, 4.69) is 10.2 Å². The summed E-state index contributed by atoms with van der Waals surface area (Å²) in [7, 11) is 3.19. The van der Waals surface area contributed by atoms with Gasteiger partial charge < -0.3 is 19.7 Å². The highest BCUT2D eigenvalue weighted by molar-refractivity contribution is 5.89. The number of anilines is 1. The molecule has 1 aliphatic heterocycles. The SMILES string of the molecule is COc1ccc(NC(=O)N2CCN(C3CCCCCC3)CC2)cc1OC. The van der Waals surface area contributed by atoms with Gasteiger partial charge >= 0.3 is 6.03 Å². The van der Waals surface area contributed by atoms with Crippen molar-refractivity contribution in [2.75, 3.05) is 45.7 Å². The number of amides is 2. The lowest BCUT2D eigenvalue weighted by Crippen LogP contribution is -2.52. The summed E-state index contributed by atoms with van der Waals surface area (Å²) in [4.78, 5) is 17.1. The molecule has 1 saturated carbocycles. The van der Waals surface area contributed by atoms with Gasteiger partial charge in [-0.15, -0.1) is 0 Å². The van der Waals surface area contributed by atoms with E-state index in [0.717, 1.165) is 31.9 Å². The molecule has 2 fully saturated rings. The molecular weight excluding hydrogens is 330 g/mol. The monoisotopic (exact) mass is 361 g/mol. The molecule has 1 aliphatic carbocycles. The van der Waals surface area contributed by atoms with Gasteiger partial charge in [0.05, 0.1) is 14.2 Å². The van der Waals surface area contributed by atoms with E-state index in [0.29, 0.717) is 17.5 Å². The lowest BCUT2D eigenvalue weighted by Gasteiger charge is -2.39. The minimum atomic E-state index is -0.0438. The van der Waals surface area contributed by atoms with Gasteiger partial charge in [-0.3, -0.25) is 4.90 Å². The molecule has 2 amide bonds. The third-order valence-corrected chi connectivity index (χ3v) is 5.58. The highest BCUT2D eigenvalue weighted by Gasteiger charge is 2.26. The van der Waals surface area contributed by atoms with Crippen molar-refractivity contribution in [2.45, 2.75) is 44.6 Å². The number of methoxy groups -OCH3 is 2. The van der Waals surface area contributed by atoms with Crippen LogP contribution in [-0.4, -0.2) is 62.3 Å². The molecule has 0 atom stereocenters. The Morgan fingerprint density at radius 3 is 2.23 bits per heavy atom. The Labute approximate surface area is 156 Å². The first-order chi connectivity index (χ1) is 12.7. The third-order valence-electron chi connectivity index (χ3n) is 5.58. The van der Waals surface area contributed by atoms with Gasteiger partial charge in [-0.05, 0) is 25.0 Å². The van der Waals surface area contributed by atoms with Crippen molar-refractivity contribution in [1.29, 1.82) is 0 Å². The highest BCUT2D eigenvalue weighted by Crippen LogP contribution is 2.30. The van der Waals surface area contributed by atoms with E-state index in [-0.39, 0.29) is 6.03 Å². The van der Waals surface area contributed by atoms with Crippen LogP contribution < -0.4 is 14.8 Å². The number of carbonyl (C=O) groups excluding carboxylic acids is 1. The number of nitrogens with zero attached hydrogens (tertiary/aromatic N) is 2. The fraction of sp³-hybridized carbons (Fsp3) is 0.650. The fourth-order valence-electron chi connectivity index (χ4n) is 4.03. The van der Waals surface area contributed by atoms with E-state index >= 15 is 0 Å². The number of hydrogen-bond donors (Lipinski definition) is 1. The van der Waals surface area contributed by atoms with Crippen LogP contribution in [0.1, 0.15) is 38.5 Å². The topological polar surface area (TPSA) is 54.0 Å². The van der Waals surface area contributed by atoms with E-state index in [1.807, 2.05) is 11.0 Å². The first-order valence-electron chi connectivity index (χ1n) is 9.73. The van der Waals surface area contributed by atoms with Gasteiger partial charge in [-0.2, -0.15) is 0 Å². The Kier molecular flexibility index (Phi) is 6.61. The molecule has 0 radical (unpaired) electrons. The number of benzene rings is 1. The van der Waals surface area contributed by atoms with Crippen LogP contribution in [0.5, 0.6) is 11.5 Å². The summed E-state index contributed by atoms with van der Waals surface area (Å²) in [5.74, 6) is 1.27. The highest BCUT2D eigenvalue weighted by atomic mass is 16.5. The number of carbonyl (C=O) groups is 1. The molecule has 6 nitrogen and oxygen atoms in total. The van der Waals surface area contributed by atoms with Crippen molar-refractivity contribution in [3.63, 3.8) is 0 Å². The summed E-state index contributed by atoms with van der Waals surface area (Å²) in [5.41, 5.74) is 0.721. The molecule has 0 unspecified atom stereocenters. The van der Waals surface area contributed by atoms with Crippen molar-refractivity contribution < 1.29 is 14.3 Å². The second kappa shape index (κ2) is 9.12. The normalized spacial score (nSPS) is 19.7. The average molecular weight is 361 g/mol. The van der Waals surface area contributed by atoms with Gasteiger partial charge in [0, 0.05) is 44.0 Å². The Hall–Kier alpha value is -1.95. The van der Waals surface area contributed by atoms with Crippen LogP contribution in [0.15, 0.2) is 18.2 Å². The zero-order valence-corrected chi connectivity index (χ0v) is 16.0. The lowest BCUT2D eigenvalue weighted by molar-refractivity contribution is 0.105. The zero-order valence-electron chi connectivity index (χ0n) is 16.0. The summed E-state index contributed by atoms with van der Waals surface area (Å²) in [6.45, 7) is 3.53. The number of piperazine rings is 1. The Bertz CT molecular complexity index is 592. The minimum Gasteiger partial charge on any atom is -0.493 e. The maximum absolute atomic E-state index is 12.6. The quantitative estimate of drug-likeness (QED) is 0.833. The first kappa shape index (κ1) is 18.8. The van der Waals surface area contributed by atoms with Gasteiger partial charge in [0.15, 0.2) is 11.5 Å². The Balaban J connectivity index is 1.52. The number of hydrogen-bond acceptors (Lipinski definition) is 4. The molecule has 1 heterocycles. The number of nitrogens with one attached hydrogen (secondary N) is 1. The summed E-state index contributed by atoms with van der Waals surface area (Å²) in [5, 5.41) is 2.97. The van der Waals surface area contributed by atoms with Crippen LogP contribution in [0.2, 0.25) is 0 Å². The minimum absolute atomic E-state index is 0.0438. The van der Waals surface area contributed by atoms with E-state index in [1.54, 1.807) is 26.4 Å². The Morgan fingerprint density at radius 1 is 0.962 bits per heavy atom. The summed E-state index contributed by atoms with van der Waals surface area (Å²) >= 11 is 0. The molecule has 0 bridgehead atoms. The van der Waals surface area contributed by atoms with Crippen molar-refractivity contribution in [1.82, 2.24) is 9.80 Å². The lowest BCUT2D eigenvalue weighted by atomic mass is 10.1. The second-order valence-corrected chi connectivity index (χ2v) is 7.17. The van der Waals surface area contributed by atoms with Crippen LogP contribution in [0, 0.1) is 0 Å². The number of rotatable bonds is 4. The van der Waals surface area contributed by atoms with Crippen molar-refractivity contribution >= 4 is 11.7 Å². The summed E-state index contributed by atoms with van der Waals surface area (Å²) in [6.07, 6.45) is 8.10. The standard InChI is InChI=1S/C20H31N3O3/c1-25-18-10-9-16(15-19(18)26-2)21-20(24)23-13-11-22(12-14-23)17-7-5-3-4-6-8-17/h9-10,15,17H,3-8,11-14H2,1-2H3,(H,21,24). The fourth-order valence-corrected chi connectivity index (χ4v) is 4.03. The summed E-state index contributed by atoms with van der Waals surface area (Å²) in [6, 6.07) is 6.10. The van der Waals surface area contributed by atoms with Crippen LogP contribution in [-0.2, 0) is 0 Å². The third kappa shape index (κ3) is 4.61. The van der Waals surface area contributed by atoms with Crippen molar-refractivity contribution in [3.8, 4) is 11.5 Å². The molecular formula is C20H31N3O3. The van der Waals surface area contributed by atoms with Crippen LogP contribution in [0.4, 0.5) is 10.5 Å². The molecule has 1 aromatic carbocycles. The summed E-state index contributed by atoms with van der Waals surface area (Å²) < 4.78 is 10.5. The molecule has 0 aromatic heterocycles. The molecule has 1 saturated heterocycles. The average Bonchev–Trinajstić information content (AvgIpc) is 2.97. The second-order valence-electron chi connectivity index (χ2n) is 7.17. The Morgan fingerprint density at radius 2 is 1.62 bits per heavy atom. The van der Waals surface area contributed by atoms with Gasteiger partial charge in [0.2, 0.25) is 0 Å². The largest absolute Gasteiger partial charge is 0.493 e. The first-order valence-corrected chi connectivity index (χ1v) is 9.73. The van der Waals surface area contributed by atoms with E-state index in [4.69, 9.17) is 9.47 Å².